The molecule has 80 valence electrons. The molecule has 2 aromatic rings. The first kappa shape index (κ1) is 10.4. The van der Waals surface area contributed by atoms with Gasteiger partial charge >= 0.3 is 0 Å². The number of hydrogen-bond acceptors (Lipinski definition) is 2. The van der Waals surface area contributed by atoms with Crippen LogP contribution < -0.4 is 5.73 Å². The molecule has 2 aromatic carbocycles. The van der Waals surface area contributed by atoms with E-state index in [0.29, 0.717) is 0 Å². The zero-order valence-corrected chi connectivity index (χ0v) is 9.06. The molecular formula is C14H14N2. The number of nitrogen functional groups attached to an aromatic ring is 1. The predicted molar refractivity (Wildman–Crippen MR) is 69.3 cm³/mol. The van der Waals surface area contributed by atoms with E-state index in [1.165, 1.54) is 11.1 Å². The fourth-order valence-corrected chi connectivity index (χ4v) is 1.59. The third-order valence-corrected chi connectivity index (χ3v) is 2.51. The van der Waals surface area contributed by atoms with Crippen molar-refractivity contribution >= 4 is 18.1 Å². The minimum atomic E-state index is 0.801. The number of anilines is 1. The van der Waals surface area contributed by atoms with Crippen LogP contribution in [0.25, 0.3) is 0 Å². The Morgan fingerprint density at radius 2 is 1.38 bits per heavy atom. The van der Waals surface area contributed by atoms with Gasteiger partial charge in [0.25, 0.3) is 0 Å². The molecule has 2 nitrogen and oxygen atoms in total. The van der Waals surface area contributed by atoms with Crippen LogP contribution in [0.2, 0.25) is 0 Å². The molecule has 0 aliphatic carbocycles. The summed E-state index contributed by atoms with van der Waals surface area (Å²) in [7, 11) is 0. The monoisotopic (exact) mass is 210 g/mol. The molecule has 2 N–H and O–H groups in total. The van der Waals surface area contributed by atoms with Crippen molar-refractivity contribution in [2.24, 2.45) is 4.99 Å². The molecule has 0 bridgehead atoms. The van der Waals surface area contributed by atoms with Gasteiger partial charge in [0.2, 0.25) is 0 Å². The third-order valence-electron chi connectivity index (χ3n) is 2.51. The van der Waals surface area contributed by atoms with Crippen molar-refractivity contribution in [3.63, 3.8) is 0 Å². The fourth-order valence-electron chi connectivity index (χ4n) is 1.59. The fraction of sp³-hybridized carbons (Fsp3) is 0.0714. The van der Waals surface area contributed by atoms with E-state index in [1.807, 2.05) is 24.3 Å². The largest absolute Gasteiger partial charge is 0.399 e. The summed E-state index contributed by atoms with van der Waals surface area (Å²) >= 11 is 0. The van der Waals surface area contributed by atoms with Gasteiger partial charge in [-0.1, -0.05) is 24.3 Å². The van der Waals surface area contributed by atoms with Crippen LogP contribution in [0.4, 0.5) is 11.4 Å². The highest BCUT2D eigenvalue weighted by Gasteiger charge is 1.96. The highest BCUT2D eigenvalue weighted by atomic mass is 14.7. The van der Waals surface area contributed by atoms with Crippen LogP contribution in [-0.4, -0.2) is 6.72 Å². The number of hydrogen-bond donors (Lipinski definition) is 1. The van der Waals surface area contributed by atoms with Crippen molar-refractivity contribution in [2.75, 3.05) is 5.73 Å². The number of aliphatic imine (C=N–C) groups is 1. The Bertz CT molecular complexity index is 469. The second-order valence-corrected chi connectivity index (χ2v) is 3.74. The normalized spacial score (nSPS) is 10.0. The van der Waals surface area contributed by atoms with Gasteiger partial charge < -0.3 is 5.73 Å². The van der Waals surface area contributed by atoms with Gasteiger partial charge in [0.15, 0.2) is 0 Å². The summed E-state index contributed by atoms with van der Waals surface area (Å²) in [5.74, 6) is 0. The zero-order chi connectivity index (χ0) is 11.4. The van der Waals surface area contributed by atoms with E-state index >= 15 is 0 Å². The predicted octanol–water partition coefficient (Wildman–Crippen LogP) is 3.19. The van der Waals surface area contributed by atoms with Crippen LogP contribution >= 0.6 is 0 Å². The molecular weight excluding hydrogens is 196 g/mol. The van der Waals surface area contributed by atoms with E-state index in [1.54, 1.807) is 0 Å². The number of nitrogens with zero attached hydrogens (tertiary/aromatic N) is 1. The van der Waals surface area contributed by atoms with Crippen molar-refractivity contribution in [3.05, 3.63) is 59.7 Å². The summed E-state index contributed by atoms with van der Waals surface area (Å²) in [4.78, 5) is 3.86. The summed E-state index contributed by atoms with van der Waals surface area (Å²) in [6.07, 6.45) is 0.914. The number of nitrogens with two attached hydrogens (primary N) is 1. The Labute approximate surface area is 95.5 Å². The van der Waals surface area contributed by atoms with Gasteiger partial charge in [-0.2, -0.15) is 0 Å². The molecule has 0 unspecified atom stereocenters. The van der Waals surface area contributed by atoms with Crippen LogP contribution in [0, 0.1) is 0 Å². The van der Waals surface area contributed by atoms with Crippen LogP contribution in [0.3, 0.4) is 0 Å². The van der Waals surface area contributed by atoms with Gasteiger partial charge in [-0.3, -0.25) is 4.99 Å². The lowest BCUT2D eigenvalue weighted by Crippen LogP contribution is -1.89. The maximum absolute atomic E-state index is 5.64. The highest BCUT2D eigenvalue weighted by Crippen LogP contribution is 2.15. The Morgan fingerprint density at radius 1 is 0.875 bits per heavy atom. The average molecular weight is 210 g/mol. The third kappa shape index (κ3) is 2.48. The van der Waals surface area contributed by atoms with Crippen molar-refractivity contribution in [1.29, 1.82) is 0 Å². The molecule has 2 rings (SSSR count). The Kier molecular flexibility index (Phi) is 3.01. The van der Waals surface area contributed by atoms with Crippen LogP contribution in [-0.2, 0) is 6.42 Å². The maximum Gasteiger partial charge on any atom is 0.0622 e. The molecule has 0 radical (unpaired) electrons. The molecule has 0 saturated heterocycles. The molecule has 0 saturated carbocycles. The smallest absolute Gasteiger partial charge is 0.0622 e. The van der Waals surface area contributed by atoms with Gasteiger partial charge in [0.1, 0.15) is 0 Å². The van der Waals surface area contributed by atoms with Gasteiger partial charge in [-0.15, -0.1) is 0 Å². The van der Waals surface area contributed by atoms with E-state index in [-0.39, 0.29) is 0 Å². The lowest BCUT2D eigenvalue weighted by atomic mass is 10.0. The molecule has 0 atom stereocenters. The Morgan fingerprint density at radius 3 is 1.88 bits per heavy atom. The SMILES string of the molecule is C=Nc1ccc(Cc2ccc(N)cc2)cc1. The molecule has 0 amide bonds. The maximum atomic E-state index is 5.64. The molecule has 0 heterocycles. The molecule has 0 aliphatic heterocycles. The van der Waals surface area contributed by atoms with E-state index in [0.717, 1.165) is 17.8 Å². The van der Waals surface area contributed by atoms with Crippen molar-refractivity contribution < 1.29 is 0 Å². The summed E-state index contributed by atoms with van der Waals surface area (Å²) in [6, 6.07) is 16.0. The molecule has 2 heteroatoms. The van der Waals surface area contributed by atoms with Crippen LogP contribution in [0.1, 0.15) is 11.1 Å². The number of benzene rings is 2. The van der Waals surface area contributed by atoms with Gasteiger partial charge in [0, 0.05) is 5.69 Å². The minimum absolute atomic E-state index is 0.801. The molecule has 0 spiro atoms. The lowest BCUT2D eigenvalue weighted by molar-refractivity contribution is 1.19. The second kappa shape index (κ2) is 4.62. The quantitative estimate of drug-likeness (QED) is 0.613. The average Bonchev–Trinajstić information content (AvgIpc) is 2.33. The lowest BCUT2D eigenvalue weighted by Gasteiger charge is -2.03. The van der Waals surface area contributed by atoms with E-state index in [2.05, 4.69) is 36.0 Å². The number of rotatable bonds is 3. The first-order valence-electron chi connectivity index (χ1n) is 5.18. The molecule has 0 aliphatic rings. The topological polar surface area (TPSA) is 38.4 Å². The van der Waals surface area contributed by atoms with Crippen molar-refractivity contribution in [2.45, 2.75) is 6.42 Å². The Hall–Kier alpha value is -2.09. The Balaban J connectivity index is 2.14. The van der Waals surface area contributed by atoms with Crippen molar-refractivity contribution in [1.82, 2.24) is 0 Å². The van der Waals surface area contributed by atoms with Crippen LogP contribution in [0.15, 0.2) is 53.5 Å². The standard InChI is InChI=1S/C14H14N2/c1-16-14-8-4-12(5-9-14)10-11-2-6-13(15)7-3-11/h2-9H,1,10,15H2. The van der Waals surface area contributed by atoms with E-state index in [4.69, 9.17) is 5.73 Å². The molecule has 0 aromatic heterocycles. The summed E-state index contributed by atoms with van der Waals surface area (Å²) in [5, 5.41) is 0. The minimum Gasteiger partial charge on any atom is -0.399 e. The van der Waals surface area contributed by atoms with Gasteiger partial charge in [-0.25, -0.2) is 0 Å². The summed E-state index contributed by atoms with van der Waals surface area (Å²) in [6.45, 7) is 3.49. The summed E-state index contributed by atoms with van der Waals surface area (Å²) in [5.41, 5.74) is 9.86. The van der Waals surface area contributed by atoms with Gasteiger partial charge in [0.05, 0.1) is 5.69 Å². The summed E-state index contributed by atoms with van der Waals surface area (Å²) < 4.78 is 0. The zero-order valence-electron chi connectivity index (χ0n) is 9.06. The van der Waals surface area contributed by atoms with E-state index in [9.17, 15) is 0 Å². The highest BCUT2D eigenvalue weighted by molar-refractivity contribution is 5.47. The molecule has 0 fully saturated rings. The first-order chi connectivity index (χ1) is 7.78. The second-order valence-electron chi connectivity index (χ2n) is 3.74. The first-order valence-corrected chi connectivity index (χ1v) is 5.18. The van der Waals surface area contributed by atoms with Crippen molar-refractivity contribution in [3.8, 4) is 0 Å². The molecule has 16 heavy (non-hydrogen) atoms. The van der Waals surface area contributed by atoms with Crippen LogP contribution in [0.5, 0.6) is 0 Å². The van der Waals surface area contributed by atoms with Gasteiger partial charge in [-0.05, 0) is 48.5 Å². The van der Waals surface area contributed by atoms with E-state index < -0.39 is 0 Å².